The number of hydrogen-bond acceptors (Lipinski definition) is 4. The number of fused-ring (bicyclic) bond motifs is 1. The quantitative estimate of drug-likeness (QED) is 0.903. The normalized spacial score (nSPS) is 16.0. The lowest BCUT2D eigenvalue weighted by molar-refractivity contribution is -0.142. The molecule has 1 N–H and O–H groups in total. The summed E-state index contributed by atoms with van der Waals surface area (Å²) in [7, 11) is 0. The minimum atomic E-state index is -0.709. The van der Waals surface area contributed by atoms with E-state index in [-0.39, 0.29) is 5.92 Å². The van der Waals surface area contributed by atoms with Crippen molar-refractivity contribution in [1.82, 2.24) is 4.98 Å². The summed E-state index contributed by atoms with van der Waals surface area (Å²) in [6.07, 6.45) is 0. The Morgan fingerprint density at radius 1 is 1.44 bits per heavy atom. The maximum absolute atomic E-state index is 10.8. The van der Waals surface area contributed by atoms with Gasteiger partial charge in [-0.3, -0.25) is 4.79 Å². The summed E-state index contributed by atoms with van der Waals surface area (Å²) in [4.78, 5) is 17.4. The molecule has 1 aliphatic heterocycles. The molecule has 1 fully saturated rings. The van der Waals surface area contributed by atoms with E-state index in [1.54, 1.807) is 11.3 Å². The molecule has 18 heavy (non-hydrogen) atoms. The summed E-state index contributed by atoms with van der Waals surface area (Å²) in [5.74, 6) is -0.945. The number of carbonyl (C=O) groups is 1. The van der Waals surface area contributed by atoms with Crippen molar-refractivity contribution in [3.05, 3.63) is 23.3 Å². The Balaban J connectivity index is 1.91. The van der Waals surface area contributed by atoms with Gasteiger partial charge in [0.25, 0.3) is 0 Å². The van der Waals surface area contributed by atoms with E-state index in [9.17, 15) is 4.79 Å². The molecule has 4 nitrogen and oxygen atoms in total. The van der Waals surface area contributed by atoms with Crippen LogP contribution in [-0.4, -0.2) is 29.1 Å². The third-order valence-electron chi connectivity index (χ3n) is 3.31. The van der Waals surface area contributed by atoms with Gasteiger partial charge < -0.3 is 10.0 Å². The highest BCUT2D eigenvalue weighted by Gasteiger charge is 2.34. The number of benzene rings is 1. The van der Waals surface area contributed by atoms with Crippen LogP contribution in [0.3, 0.4) is 0 Å². The van der Waals surface area contributed by atoms with Crippen molar-refractivity contribution in [3.63, 3.8) is 0 Å². The summed E-state index contributed by atoms with van der Waals surface area (Å²) < 4.78 is 1.20. The third kappa shape index (κ3) is 1.75. The Labute approximate surface area is 109 Å². The average Bonchev–Trinajstić information content (AvgIpc) is 2.58. The number of aliphatic carboxylic acids is 1. The van der Waals surface area contributed by atoms with Crippen LogP contribution in [0.2, 0.25) is 0 Å². The molecule has 5 heteroatoms. The van der Waals surface area contributed by atoms with Crippen molar-refractivity contribution in [2.24, 2.45) is 5.92 Å². The first-order chi connectivity index (χ1) is 8.54. The minimum Gasteiger partial charge on any atom is -0.481 e. The van der Waals surface area contributed by atoms with Crippen LogP contribution in [0.1, 0.15) is 11.1 Å². The molecule has 1 aromatic carbocycles. The molecule has 0 spiro atoms. The number of thiazole rings is 1. The summed E-state index contributed by atoms with van der Waals surface area (Å²) >= 11 is 1.65. The maximum atomic E-state index is 10.8. The molecule has 94 valence electrons. The Morgan fingerprint density at radius 3 is 2.83 bits per heavy atom. The summed E-state index contributed by atoms with van der Waals surface area (Å²) in [5, 5.41) is 9.82. The summed E-state index contributed by atoms with van der Waals surface area (Å²) in [6, 6.07) is 4.23. The van der Waals surface area contributed by atoms with Crippen molar-refractivity contribution < 1.29 is 9.90 Å². The van der Waals surface area contributed by atoms with Crippen molar-refractivity contribution in [3.8, 4) is 0 Å². The molecule has 0 aliphatic carbocycles. The van der Waals surface area contributed by atoms with Crippen LogP contribution in [0, 0.1) is 19.8 Å². The predicted octanol–water partition coefficient (Wildman–Crippen LogP) is 2.43. The second-order valence-electron chi connectivity index (χ2n) is 4.87. The number of carboxylic acid groups (broad SMARTS) is 1. The van der Waals surface area contributed by atoms with Gasteiger partial charge in [0, 0.05) is 13.1 Å². The lowest BCUT2D eigenvalue weighted by atomic mass is 10.0. The summed E-state index contributed by atoms with van der Waals surface area (Å²) in [5.41, 5.74) is 3.47. The van der Waals surface area contributed by atoms with E-state index in [1.807, 2.05) is 4.90 Å². The smallest absolute Gasteiger partial charge is 0.310 e. The van der Waals surface area contributed by atoms with Crippen LogP contribution in [-0.2, 0) is 4.79 Å². The number of aromatic nitrogens is 1. The van der Waals surface area contributed by atoms with Gasteiger partial charge in [0.05, 0.1) is 16.1 Å². The van der Waals surface area contributed by atoms with Crippen LogP contribution >= 0.6 is 11.3 Å². The highest BCUT2D eigenvalue weighted by Crippen LogP contribution is 2.35. The molecule has 1 aliphatic rings. The molecule has 0 amide bonds. The Morgan fingerprint density at radius 2 is 2.17 bits per heavy atom. The lowest BCUT2D eigenvalue weighted by Crippen LogP contribution is -2.50. The van der Waals surface area contributed by atoms with Gasteiger partial charge >= 0.3 is 5.97 Å². The van der Waals surface area contributed by atoms with Gasteiger partial charge in [-0.25, -0.2) is 4.98 Å². The lowest BCUT2D eigenvalue weighted by Gasteiger charge is -2.36. The van der Waals surface area contributed by atoms with Crippen molar-refractivity contribution in [2.45, 2.75) is 13.8 Å². The molecule has 0 saturated carbocycles. The first-order valence-corrected chi connectivity index (χ1v) is 6.72. The monoisotopic (exact) mass is 262 g/mol. The van der Waals surface area contributed by atoms with E-state index >= 15 is 0 Å². The third-order valence-corrected chi connectivity index (χ3v) is 4.58. The van der Waals surface area contributed by atoms with Gasteiger partial charge in [-0.2, -0.15) is 0 Å². The van der Waals surface area contributed by atoms with Gasteiger partial charge in [-0.05, 0) is 31.0 Å². The number of anilines is 1. The molecule has 1 saturated heterocycles. The number of carboxylic acids is 1. The first-order valence-electron chi connectivity index (χ1n) is 5.90. The molecule has 1 aromatic heterocycles. The maximum Gasteiger partial charge on any atom is 0.310 e. The fraction of sp³-hybridized carbons (Fsp3) is 0.385. The first kappa shape index (κ1) is 11.5. The van der Waals surface area contributed by atoms with Crippen LogP contribution in [0.25, 0.3) is 10.2 Å². The van der Waals surface area contributed by atoms with E-state index in [0.29, 0.717) is 13.1 Å². The van der Waals surface area contributed by atoms with E-state index < -0.39 is 5.97 Å². The fourth-order valence-corrected chi connectivity index (χ4v) is 3.32. The number of aryl methyl sites for hydroxylation is 2. The SMILES string of the molecule is Cc1cc(C)c2sc(N3CC(C(=O)O)C3)nc2c1. The van der Waals surface area contributed by atoms with Gasteiger partial charge in [-0.15, -0.1) is 0 Å². The van der Waals surface area contributed by atoms with Crippen molar-refractivity contribution in [2.75, 3.05) is 18.0 Å². The number of rotatable bonds is 2. The fourth-order valence-electron chi connectivity index (χ4n) is 2.29. The van der Waals surface area contributed by atoms with E-state index in [1.165, 1.54) is 15.8 Å². The Kier molecular flexibility index (Phi) is 2.52. The van der Waals surface area contributed by atoms with Crippen molar-refractivity contribution in [1.29, 1.82) is 0 Å². The summed E-state index contributed by atoms with van der Waals surface area (Å²) in [6.45, 7) is 5.31. The van der Waals surface area contributed by atoms with Gasteiger partial charge in [0.1, 0.15) is 0 Å². The Hall–Kier alpha value is -1.62. The topological polar surface area (TPSA) is 53.4 Å². The van der Waals surface area contributed by atoms with E-state index in [0.717, 1.165) is 10.6 Å². The molecular formula is C13H14N2O2S. The van der Waals surface area contributed by atoms with E-state index in [2.05, 4.69) is 31.0 Å². The van der Waals surface area contributed by atoms with Gasteiger partial charge in [-0.1, -0.05) is 17.4 Å². The average molecular weight is 262 g/mol. The van der Waals surface area contributed by atoms with Crippen molar-refractivity contribution >= 4 is 32.7 Å². The van der Waals surface area contributed by atoms with Crippen LogP contribution in [0.4, 0.5) is 5.13 Å². The largest absolute Gasteiger partial charge is 0.481 e. The van der Waals surface area contributed by atoms with Gasteiger partial charge in [0.2, 0.25) is 0 Å². The van der Waals surface area contributed by atoms with Gasteiger partial charge in [0.15, 0.2) is 5.13 Å². The van der Waals surface area contributed by atoms with Crippen LogP contribution in [0.15, 0.2) is 12.1 Å². The zero-order chi connectivity index (χ0) is 12.9. The molecule has 0 bridgehead atoms. The van der Waals surface area contributed by atoms with Crippen LogP contribution < -0.4 is 4.90 Å². The zero-order valence-corrected chi connectivity index (χ0v) is 11.1. The zero-order valence-electron chi connectivity index (χ0n) is 10.3. The standard InChI is InChI=1S/C13H14N2O2S/c1-7-3-8(2)11-10(4-7)14-13(18-11)15-5-9(6-15)12(16)17/h3-4,9H,5-6H2,1-2H3,(H,16,17). The second kappa shape index (κ2) is 3.95. The minimum absolute atomic E-state index is 0.236. The molecule has 0 radical (unpaired) electrons. The molecule has 2 aromatic rings. The van der Waals surface area contributed by atoms with Crippen LogP contribution in [0.5, 0.6) is 0 Å². The molecule has 3 rings (SSSR count). The second-order valence-corrected chi connectivity index (χ2v) is 5.84. The Bertz CT molecular complexity index is 629. The molecule has 2 heterocycles. The molecule has 0 atom stereocenters. The number of hydrogen-bond donors (Lipinski definition) is 1. The predicted molar refractivity (Wildman–Crippen MR) is 72.4 cm³/mol. The molecular weight excluding hydrogens is 248 g/mol. The molecule has 0 unspecified atom stereocenters. The number of nitrogens with zero attached hydrogens (tertiary/aromatic N) is 2. The highest BCUT2D eigenvalue weighted by atomic mass is 32.1. The van der Waals surface area contributed by atoms with E-state index in [4.69, 9.17) is 5.11 Å². The highest BCUT2D eigenvalue weighted by molar-refractivity contribution is 7.22.